The van der Waals surface area contributed by atoms with Crippen LogP contribution in [0.15, 0.2) is 36.5 Å². The molecular formula is C11H12N4O2. The number of rotatable bonds is 4. The van der Waals surface area contributed by atoms with Crippen LogP contribution in [-0.2, 0) is 13.6 Å². The summed E-state index contributed by atoms with van der Waals surface area (Å²) in [5.41, 5.74) is 1.55. The highest BCUT2D eigenvalue weighted by Gasteiger charge is 2.11. The van der Waals surface area contributed by atoms with Crippen LogP contribution in [0.2, 0.25) is 0 Å². The van der Waals surface area contributed by atoms with E-state index in [2.05, 4.69) is 10.4 Å². The second-order valence-corrected chi connectivity index (χ2v) is 3.57. The van der Waals surface area contributed by atoms with E-state index in [-0.39, 0.29) is 5.69 Å². The van der Waals surface area contributed by atoms with Gasteiger partial charge in [0.15, 0.2) is 0 Å². The lowest BCUT2D eigenvalue weighted by Crippen LogP contribution is -2.06. The van der Waals surface area contributed by atoms with Crippen LogP contribution in [0, 0.1) is 10.1 Å². The third-order valence-electron chi connectivity index (χ3n) is 2.48. The molecule has 0 aliphatic heterocycles. The number of aryl methyl sites for hydroxylation is 1. The highest BCUT2D eigenvalue weighted by molar-refractivity contribution is 5.61. The van der Waals surface area contributed by atoms with Crippen molar-refractivity contribution in [3.8, 4) is 0 Å². The second-order valence-electron chi connectivity index (χ2n) is 3.57. The molecule has 6 nitrogen and oxygen atoms in total. The molecule has 0 spiro atoms. The minimum Gasteiger partial charge on any atom is -0.374 e. The number of para-hydroxylation sites is 2. The molecule has 88 valence electrons. The Bertz CT molecular complexity index is 536. The molecule has 6 heteroatoms. The highest BCUT2D eigenvalue weighted by Crippen LogP contribution is 2.23. The quantitative estimate of drug-likeness (QED) is 0.645. The largest absolute Gasteiger partial charge is 0.374 e. The molecule has 0 aliphatic rings. The van der Waals surface area contributed by atoms with E-state index < -0.39 is 4.92 Å². The maximum absolute atomic E-state index is 10.8. The molecule has 0 fully saturated rings. The number of benzene rings is 1. The molecule has 1 N–H and O–H groups in total. The van der Waals surface area contributed by atoms with Crippen LogP contribution in [0.1, 0.15) is 5.69 Å². The van der Waals surface area contributed by atoms with Gasteiger partial charge < -0.3 is 5.32 Å². The van der Waals surface area contributed by atoms with E-state index in [1.807, 2.05) is 13.1 Å². The van der Waals surface area contributed by atoms with Gasteiger partial charge in [-0.15, -0.1) is 0 Å². The summed E-state index contributed by atoms with van der Waals surface area (Å²) in [5, 5.41) is 17.9. The lowest BCUT2D eigenvalue weighted by Gasteiger charge is -2.06. The lowest BCUT2D eigenvalue weighted by molar-refractivity contribution is -0.384. The van der Waals surface area contributed by atoms with Gasteiger partial charge in [0.1, 0.15) is 5.69 Å². The summed E-state index contributed by atoms with van der Waals surface area (Å²) < 4.78 is 1.72. The van der Waals surface area contributed by atoms with Gasteiger partial charge >= 0.3 is 0 Å². The van der Waals surface area contributed by atoms with E-state index in [9.17, 15) is 10.1 Å². The van der Waals surface area contributed by atoms with Gasteiger partial charge in [0, 0.05) is 19.3 Å². The highest BCUT2D eigenvalue weighted by atomic mass is 16.6. The minimum absolute atomic E-state index is 0.0784. The zero-order chi connectivity index (χ0) is 12.3. The molecule has 0 aliphatic carbocycles. The van der Waals surface area contributed by atoms with Crippen molar-refractivity contribution in [2.75, 3.05) is 5.32 Å². The standard InChI is InChI=1S/C11H12N4O2/c1-14-9(6-7-13-14)8-12-10-4-2-3-5-11(10)15(16)17/h2-7,12H,8H2,1H3. The second kappa shape index (κ2) is 4.65. The van der Waals surface area contributed by atoms with Crippen molar-refractivity contribution >= 4 is 11.4 Å². The summed E-state index contributed by atoms with van der Waals surface area (Å²) in [7, 11) is 1.83. The van der Waals surface area contributed by atoms with Crippen molar-refractivity contribution in [2.45, 2.75) is 6.54 Å². The first-order valence-electron chi connectivity index (χ1n) is 5.12. The first-order chi connectivity index (χ1) is 8.18. The van der Waals surface area contributed by atoms with E-state index in [1.54, 1.807) is 29.1 Å². The number of nitro benzene ring substituents is 1. The van der Waals surface area contributed by atoms with E-state index in [1.165, 1.54) is 6.07 Å². The maximum Gasteiger partial charge on any atom is 0.292 e. The zero-order valence-electron chi connectivity index (χ0n) is 9.33. The van der Waals surface area contributed by atoms with Gasteiger partial charge in [0.05, 0.1) is 17.2 Å². The van der Waals surface area contributed by atoms with Crippen LogP contribution < -0.4 is 5.32 Å². The number of nitrogens with zero attached hydrogens (tertiary/aromatic N) is 3. The van der Waals surface area contributed by atoms with Crippen molar-refractivity contribution in [1.82, 2.24) is 9.78 Å². The average molecular weight is 232 g/mol. The summed E-state index contributed by atoms with van der Waals surface area (Å²) in [6, 6.07) is 8.44. The van der Waals surface area contributed by atoms with Gasteiger partial charge in [-0.25, -0.2) is 0 Å². The fourth-order valence-electron chi connectivity index (χ4n) is 1.54. The van der Waals surface area contributed by atoms with Crippen LogP contribution in [0.4, 0.5) is 11.4 Å². The van der Waals surface area contributed by atoms with Gasteiger partial charge in [-0.2, -0.15) is 5.10 Å². The number of nitro groups is 1. The fraction of sp³-hybridized carbons (Fsp3) is 0.182. The molecule has 0 atom stereocenters. The molecule has 0 radical (unpaired) electrons. The number of hydrogen-bond acceptors (Lipinski definition) is 4. The molecule has 0 saturated heterocycles. The van der Waals surface area contributed by atoms with Gasteiger partial charge in [0.2, 0.25) is 0 Å². The molecule has 0 saturated carbocycles. The molecular weight excluding hydrogens is 220 g/mol. The predicted molar refractivity (Wildman–Crippen MR) is 63.6 cm³/mol. The summed E-state index contributed by atoms with van der Waals surface area (Å²) in [5.74, 6) is 0. The average Bonchev–Trinajstić information content (AvgIpc) is 2.72. The fourth-order valence-corrected chi connectivity index (χ4v) is 1.54. The smallest absolute Gasteiger partial charge is 0.292 e. The third kappa shape index (κ3) is 2.41. The monoisotopic (exact) mass is 232 g/mol. The van der Waals surface area contributed by atoms with Crippen LogP contribution in [0.3, 0.4) is 0 Å². The maximum atomic E-state index is 10.8. The Balaban J connectivity index is 2.14. The summed E-state index contributed by atoms with van der Waals surface area (Å²) in [6.45, 7) is 0.501. The summed E-state index contributed by atoms with van der Waals surface area (Å²) in [4.78, 5) is 10.4. The molecule has 1 aromatic carbocycles. The van der Waals surface area contributed by atoms with Crippen molar-refractivity contribution in [3.63, 3.8) is 0 Å². The van der Waals surface area contributed by atoms with Crippen molar-refractivity contribution < 1.29 is 4.92 Å². The first-order valence-corrected chi connectivity index (χ1v) is 5.12. The molecule has 2 rings (SSSR count). The molecule has 17 heavy (non-hydrogen) atoms. The molecule has 0 bridgehead atoms. The molecule has 0 unspecified atom stereocenters. The van der Waals surface area contributed by atoms with Crippen molar-refractivity contribution in [3.05, 3.63) is 52.3 Å². The van der Waals surface area contributed by atoms with E-state index in [4.69, 9.17) is 0 Å². The Hall–Kier alpha value is -2.37. The van der Waals surface area contributed by atoms with E-state index in [0.717, 1.165) is 5.69 Å². The van der Waals surface area contributed by atoms with Crippen LogP contribution in [0.5, 0.6) is 0 Å². The minimum atomic E-state index is -0.397. The number of anilines is 1. The van der Waals surface area contributed by atoms with Crippen LogP contribution in [-0.4, -0.2) is 14.7 Å². The lowest BCUT2D eigenvalue weighted by atomic mass is 10.2. The number of aromatic nitrogens is 2. The SMILES string of the molecule is Cn1nccc1CNc1ccccc1[N+](=O)[O-]. The summed E-state index contributed by atoms with van der Waals surface area (Å²) in [6.07, 6.45) is 1.69. The van der Waals surface area contributed by atoms with Gasteiger partial charge in [0.25, 0.3) is 5.69 Å². The Morgan fingerprint density at radius 1 is 1.41 bits per heavy atom. The zero-order valence-corrected chi connectivity index (χ0v) is 9.33. The normalized spacial score (nSPS) is 10.2. The van der Waals surface area contributed by atoms with Crippen molar-refractivity contribution in [2.24, 2.45) is 7.05 Å². The van der Waals surface area contributed by atoms with Crippen LogP contribution in [0.25, 0.3) is 0 Å². The van der Waals surface area contributed by atoms with Gasteiger partial charge in [-0.1, -0.05) is 12.1 Å². The van der Waals surface area contributed by atoms with Gasteiger partial charge in [-0.05, 0) is 12.1 Å². The van der Waals surface area contributed by atoms with Crippen LogP contribution >= 0.6 is 0 Å². The predicted octanol–water partition coefficient (Wildman–Crippen LogP) is 1.94. The van der Waals surface area contributed by atoms with E-state index >= 15 is 0 Å². The molecule has 2 aromatic rings. The van der Waals surface area contributed by atoms with Gasteiger partial charge in [-0.3, -0.25) is 14.8 Å². The summed E-state index contributed by atoms with van der Waals surface area (Å²) >= 11 is 0. The third-order valence-corrected chi connectivity index (χ3v) is 2.48. The Morgan fingerprint density at radius 3 is 2.82 bits per heavy atom. The van der Waals surface area contributed by atoms with E-state index in [0.29, 0.717) is 12.2 Å². The number of nitrogens with one attached hydrogen (secondary N) is 1. The molecule has 0 amide bonds. The Morgan fingerprint density at radius 2 is 2.18 bits per heavy atom. The number of hydrogen-bond donors (Lipinski definition) is 1. The topological polar surface area (TPSA) is 73.0 Å². The first kappa shape index (κ1) is 11.1. The molecule has 1 heterocycles. The molecule has 1 aromatic heterocycles. The Kier molecular flexibility index (Phi) is 3.04. The van der Waals surface area contributed by atoms with Crippen molar-refractivity contribution in [1.29, 1.82) is 0 Å². The Labute approximate surface area is 98.0 Å².